The van der Waals surface area contributed by atoms with Gasteiger partial charge in [-0.3, -0.25) is 9.78 Å². The molecule has 0 saturated heterocycles. The van der Waals surface area contributed by atoms with Crippen molar-refractivity contribution in [3.05, 3.63) is 71.7 Å². The van der Waals surface area contributed by atoms with Crippen LogP contribution in [-0.4, -0.2) is 31.1 Å². The smallest absolute Gasteiger partial charge is 0.255 e. The number of hydrogen-bond acceptors (Lipinski definition) is 6. The Kier molecular flexibility index (Phi) is 3.70. The zero-order valence-electron chi connectivity index (χ0n) is 13.4. The van der Waals surface area contributed by atoms with Gasteiger partial charge in [-0.1, -0.05) is 23.3 Å². The van der Waals surface area contributed by atoms with Crippen LogP contribution in [0.2, 0.25) is 0 Å². The average Bonchev–Trinajstić information content (AvgIpc) is 3.10. The number of pyridine rings is 1. The maximum atomic E-state index is 13.0. The molecule has 1 aromatic carbocycles. The summed E-state index contributed by atoms with van der Waals surface area (Å²) in [5.41, 5.74) is 2.86. The van der Waals surface area contributed by atoms with Gasteiger partial charge in [0, 0.05) is 23.8 Å². The number of nitrogens with one attached hydrogen (secondary N) is 2. The van der Waals surface area contributed by atoms with E-state index in [-0.39, 0.29) is 5.91 Å². The summed E-state index contributed by atoms with van der Waals surface area (Å²) in [7, 11) is 0. The van der Waals surface area contributed by atoms with E-state index in [2.05, 4.69) is 31.1 Å². The van der Waals surface area contributed by atoms with Crippen LogP contribution >= 0.6 is 0 Å². The van der Waals surface area contributed by atoms with Crippen LogP contribution in [0.25, 0.3) is 0 Å². The van der Waals surface area contributed by atoms with Gasteiger partial charge in [-0.15, -0.1) is 0 Å². The van der Waals surface area contributed by atoms with Gasteiger partial charge in [-0.05, 0) is 47.2 Å². The second-order valence-corrected chi connectivity index (χ2v) is 5.61. The molecule has 0 radical (unpaired) electrons. The molecule has 2 N–H and O–H groups in total. The van der Waals surface area contributed by atoms with Gasteiger partial charge in [0.25, 0.3) is 5.91 Å². The van der Waals surface area contributed by atoms with Crippen LogP contribution in [0.5, 0.6) is 0 Å². The lowest BCUT2D eigenvalue weighted by atomic mass is 9.96. The van der Waals surface area contributed by atoms with E-state index >= 15 is 0 Å². The monoisotopic (exact) mass is 333 g/mol. The Morgan fingerprint density at radius 1 is 1.16 bits per heavy atom. The number of benzene rings is 1. The largest absolute Gasteiger partial charge is 0.326 e. The highest BCUT2D eigenvalue weighted by Gasteiger charge is 2.33. The molecule has 0 bridgehead atoms. The Bertz CT molecular complexity index is 934. The van der Waals surface area contributed by atoms with E-state index in [4.69, 9.17) is 0 Å². The highest BCUT2D eigenvalue weighted by molar-refractivity contribution is 6.05. The first-order chi connectivity index (χ1) is 12.2. The van der Waals surface area contributed by atoms with E-state index in [1.54, 1.807) is 17.1 Å². The van der Waals surface area contributed by atoms with Crippen molar-refractivity contribution in [1.82, 2.24) is 25.2 Å². The fourth-order valence-electron chi connectivity index (χ4n) is 2.88. The van der Waals surface area contributed by atoms with Crippen molar-refractivity contribution in [3.63, 3.8) is 0 Å². The predicted octanol–water partition coefficient (Wildman–Crippen LogP) is 2.00. The van der Waals surface area contributed by atoms with Gasteiger partial charge in [0.1, 0.15) is 6.04 Å². The fourth-order valence-corrected chi connectivity index (χ4v) is 2.88. The summed E-state index contributed by atoms with van der Waals surface area (Å²) in [4.78, 5) is 17.0. The number of carbonyl (C=O) groups excluding carboxylic acids is 1. The molecule has 0 spiro atoms. The lowest BCUT2D eigenvalue weighted by molar-refractivity contribution is -0.113. The van der Waals surface area contributed by atoms with E-state index in [0.717, 1.165) is 11.3 Å². The molecule has 1 amide bonds. The van der Waals surface area contributed by atoms with Crippen LogP contribution in [0.15, 0.2) is 66.1 Å². The first kappa shape index (κ1) is 15.0. The molecule has 8 heteroatoms. The number of allylic oxidation sites excluding steroid dienone is 1. The summed E-state index contributed by atoms with van der Waals surface area (Å²) < 4.78 is 1.60. The maximum absolute atomic E-state index is 13.0. The summed E-state index contributed by atoms with van der Waals surface area (Å²) in [6, 6.07) is 12.6. The Labute approximate surface area is 143 Å². The number of para-hydroxylation sites is 1. The van der Waals surface area contributed by atoms with Crippen molar-refractivity contribution in [1.29, 1.82) is 0 Å². The third-order valence-corrected chi connectivity index (χ3v) is 4.01. The molecule has 2 aromatic heterocycles. The number of anilines is 2. The zero-order valence-corrected chi connectivity index (χ0v) is 13.4. The third kappa shape index (κ3) is 2.74. The van der Waals surface area contributed by atoms with Gasteiger partial charge < -0.3 is 10.6 Å². The lowest BCUT2D eigenvalue weighted by Crippen LogP contribution is -2.31. The Balaban J connectivity index is 1.77. The minimum atomic E-state index is -0.432. The van der Waals surface area contributed by atoms with Crippen LogP contribution in [0.4, 0.5) is 11.6 Å². The van der Waals surface area contributed by atoms with Gasteiger partial charge in [0.15, 0.2) is 0 Å². The maximum Gasteiger partial charge on any atom is 0.255 e. The van der Waals surface area contributed by atoms with Crippen molar-refractivity contribution in [3.8, 4) is 0 Å². The molecule has 0 fully saturated rings. The Morgan fingerprint density at radius 3 is 2.68 bits per heavy atom. The van der Waals surface area contributed by atoms with Crippen molar-refractivity contribution in [2.24, 2.45) is 0 Å². The molecule has 0 saturated carbocycles. The fraction of sp³-hybridized carbons (Fsp3) is 0.118. The number of amides is 1. The second kappa shape index (κ2) is 6.16. The van der Waals surface area contributed by atoms with Gasteiger partial charge in [0.05, 0.1) is 5.57 Å². The molecule has 0 unspecified atom stereocenters. The molecule has 25 heavy (non-hydrogen) atoms. The highest BCUT2D eigenvalue weighted by atomic mass is 16.1. The second-order valence-electron chi connectivity index (χ2n) is 5.61. The standard InChI is InChI=1S/C17H15N7O/c1-11-14(16(25)20-13-5-3-2-4-6-13)15(12-7-9-18-10-8-12)24-17(19-11)21-22-23-24/h2-10,15H,1H3,(H,20,25)(H,19,21,23)/t15-/m0/s1. The number of nitrogens with zero attached hydrogens (tertiary/aromatic N) is 5. The summed E-state index contributed by atoms with van der Waals surface area (Å²) in [6.45, 7) is 1.84. The number of tetrazole rings is 1. The molecule has 1 atom stereocenters. The number of fused-ring (bicyclic) bond motifs is 1. The predicted molar refractivity (Wildman–Crippen MR) is 91.6 cm³/mol. The van der Waals surface area contributed by atoms with Crippen molar-refractivity contribution in [2.75, 3.05) is 10.6 Å². The topological polar surface area (TPSA) is 97.6 Å². The normalized spacial score (nSPS) is 16.1. The minimum absolute atomic E-state index is 0.209. The molecule has 1 aliphatic heterocycles. The molecule has 4 rings (SSSR count). The lowest BCUT2D eigenvalue weighted by Gasteiger charge is -2.27. The number of hydrogen-bond donors (Lipinski definition) is 2. The molecular formula is C17H15N7O. The Morgan fingerprint density at radius 2 is 1.92 bits per heavy atom. The molecule has 3 aromatic rings. The van der Waals surface area contributed by atoms with Gasteiger partial charge >= 0.3 is 0 Å². The van der Waals surface area contributed by atoms with Crippen LogP contribution in [0, 0.1) is 0 Å². The molecule has 124 valence electrons. The molecule has 8 nitrogen and oxygen atoms in total. The SMILES string of the molecule is CC1=C(C(=O)Nc2ccccc2)[C@H](c2ccncc2)n2nnnc2N1. The summed E-state index contributed by atoms with van der Waals surface area (Å²) in [5.74, 6) is 0.287. The minimum Gasteiger partial charge on any atom is -0.326 e. The van der Waals surface area contributed by atoms with Crippen LogP contribution in [0.3, 0.4) is 0 Å². The van der Waals surface area contributed by atoms with Crippen molar-refractivity contribution >= 4 is 17.5 Å². The number of rotatable bonds is 3. The first-order valence-electron chi connectivity index (χ1n) is 7.76. The van der Waals surface area contributed by atoms with E-state index in [0.29, 0.717) is 17.2 Å². The van der Waals surface area contributed by atoms with Gasteiger partial charge in [-0.25, -0.2) is 0 Å². The Hall–Kier alpha value is -3.55. The van der Waals surface area contributed by atoms with E-state index in [1.807, 2.05) is 49.4 Å². The summed E-state index contributed by atoms with van der Waals surface area (Å²) in [5, 5.41) is 17.8. The van der Waals surface area contributed by atoms with E-state index in [1.165, 1.54) is 0 Å². The van der Waals surface area contributed by atoms with Crippen LogP contribution < -0.4 is 10.6 Å². The quantitative estimate of drug-likeness (QED) is 0.761. The first-order valence-corrected chi connectivity index (χ1v) is 7.76. The number of aromatic nitrogens is 5. The van der Waals surface area contributed by atoms with Gasteiger partial charge in [0.2, 0.25) is 5.95 Å². The summed E-state index contributed by atoms with van der Waals surface area (Å²) in [6.07, 6.45) is 3.37. The van der Waals surface area contributed by atoms with Crippen molar-refractivity contribution < 1.29 is 4.79 Å². The van der Waals surface area contributed by atoms with E-state index in [9.17, 15) is 4.79 Å². The summed E-state index contributed by atoms with van der Waals surface area (Å²) >= 11 is 0. The highest BCUT2D eigenvalue weighted by Crippen LogP contribution is 2.34. The van der Waals surface area contributed by atoms with Crippen LogP contribution in [0.1, 0.15) is 18.5 Å². The van der Waals surface area contributed by atoms with Gasteiger partial charge in [-0.2, -0.15) is 4.68 Å². The number of carbonyl (C=O) groups is 1. The molecule has 1 aliphatic rings. The van der Waals surface area contributed by atoms with Crippen LogP contribution in [-0.2, 0) is 4.79 Å². The molecule has 0 aliphatic carbocycles. The van der Waals surface area contributed by atoms with E-state index < -0.39 is 6.04 Å². The molecular weight excluding hydrogens is 318 g/mol. The average molecular weight is 333 g/mol. The van der Waals surface area contributed by atoms with Crippen molar-refractivity contribution in [2.45, 2.75) is 13.0 Å². The third-order valence-electron chi connectivity index (χ3n) is 4.01. The zero-order chi connectivity index (χ0) is 17.2. The molecule has 3 heterocycles.